The number of aromatic nitrogens is 1. The number of nitrogens with one attached hydrogen (secondary N) is 1. The zero-order chi connectivity index (χ0) is 20.8. The molecule has 1 aromatic heterocycles. The van der Waals surface area contributed by atoms with E-state index in [1.807, 2.05) is 0 Å². The van der Waals surface area contributed by atoms with Crippen LogP contribution in [0.1, 0.15) is 5.56 Å². The van der Waals surface area contributed by atoms with Gasteiger partial charge in [0.1, 0.15) is 0 Å². The third-order valence-electron chi connectivity index (χ3n) is 4.91. The van der Waals surface area contributed by atoms with Crippen LogP contribution >= 0.6 is 11.6 Å². The van der Waals surface area contributed by atoms with Crippen molar-refractivity contribution in [3.05, 3.63) is 59.2 Å². The molecule has 0 spiro atoms. The van der Waals surface area contributed by atoms with Gasteiger partial charge in [0.2, 0.25) is 0 Å². The van der Waals surface area contributed by atoms with Crippen molar-refractivity contribution in [3.63, 3.8) is 0 Å². The maximum atomic E-state index is 13.1. The minimum Gasteiger partial charge on any atom is -0.367 e. The van der Waals surface area contributed by atoms with Crippen LogP contribution in [0.5, 0.6) is 0 Å². The number of fused-ring (bicyclic) bond motifs is 1. The maximum absolute atomic E-state index is 13.1. The molecule has 29 heavy (non-hydrogen) atoms. The Labute approximate surface area is 170 Å². The summed E-state index contributed by atoms with van der Waals surface area (Å²) in [6, 6.07) is 8.54. The van der Waals surface area contributed by atoms with Gasteiger partial charge in [0.15, 0.2) is 0 Å². The lowest BCUT2D eigenvalue weighted by Crippen LogP contribution is -2.43. The van der Waals surface area contributed by atoms with E-state index in [9.17, 15) is 21.6 Å². The molecule has 5 nitrogen and oxygen atoms in total. The van der Waals surface area contributed by atoms with Crippen molar-refractivity contribution in [2.45, 2.75) is 11.1 Å². The quantitative estimate of drug-likeness (QED) is 0.665. The number of hydrogen-bond acceptors (Lipinski definition) is 4. The highest BCUT2D eigenvalue weighted by atomic mass is 35.5. The van der Waals surface area contributed by atoms with Gasteiger partial charge >= 0.3 is 6.18 Å². The average Bonchev–Trinajstić information content (AvgIpc) is 3.13. The van der Waals surface area contributed by atoms with Crippen LogP contribution in [0.3, 0.4) is 0 Å². The molecule has 2 aromatic carbocycles. The number of benzene rings is 2. The molecule has 1 fully saturated rings. The van der Waals surface area contributed by atoms with Crippen molar-refractivity contribution in [3.8, 4) is 0 Å². The Morgan fingerprint density at radius 3 is 2.45 bits per heavy atom. The van der Waals surface area contributed by atoms with Gasteiger partial charge in [0.25, 0.3) is 10.0 Å². The fourth-order valence-corrected chi connectivity index (χ4v) is 5.19. The van der Waals surface area contributed by atoms with Gasteiger partial charge in [-0.1, -0.05) is 17.7 Å². The SMILES string of the molecule is O=S(=O)(c1cccc(C(F)(F)F)c1)n1ccc2c(N3CCNCC3)c(Cl)ccc21. The predicted octanol–water partition coefficient (Wildman–Crippen LogP) is 3.96. The van der Waals surface area contributed by atoms with Crippen LogP contribution < -0.4 is 10.2 Å². The van der Waals surface area contributed by atoms with Crippen molar-refractivity contribution in [2.75, 3.05) is 31.1 Å². The first-order valence-electron chi connectivity index (χ1n) is 8.87. The van der Waals surface area contributed by atoms with Gasteiger partial charge < -0.3 is 10.2 Å². The molecule has 1 N–H and O–H groups in total. The molecule has 0 atom stereocenters. The highest BCUT2D eigenvalue weighted by molar-refractivity contribution is 7.90. The Morgan fingerprint density at radius 2 is 1.76 bits per heavy atom. The highest BCUT2D eigenvalue weighted by Gasteiger charge is 2.32. The molecule has 0 unspecified atom stereocenters. The molecular weight excluding hydrogens is 427 g/mol. The second-order valence-electron chi connectivity index (χ2n) is 6.71. The normalized spacial score (nSPS) is 15.8. The number of anilines is 1. The molecule has 0 bridgehead atoms. The molecule has 2 heterocycles. The van der Waals surface area contributed by atoms with Crippen LogP contribution in [0, 0.1) is 0 Å². The Balaban J connectivity index is 1.85. The summed E-state index contributed by atoms with van der Waals surface area (Å²) < 4.78 is 66.3. The minimum atomic E-state index is -4.63. The Bertz CT molecular complexity index is 1170. The van der Waals surface area contributed by atoms with Crippen molar-refractivity contribution in [1.29, 1.82) is 0 Å². The van der Waals surface area contributed by atoms with Gasteiger partial charge in [0.05, 0.1) is 26.7 Å². The molecule has 3 aromatic rings. The molecule has 1 aliphatic rings. The van der Waals surface area contributed by atoms with E-state index in [4.69, 9.17) is 11.6 Å². The van der Waals surface area contributed by atoms with Crippen LogP contribution in [0.15, 0.2) is 53.6 Å². The molecule has 0 amide bonds. The van der Waals surface area contributed by atoms with E-state index in [-0.39, 0.29) is 0 Å². The fourth-order valence-electron chi connectivity index (χ4n) is 3.52. The molecule has 10 heteroatoms. The third kappa shape index (κ3) is 3.58. The highest BCUT2D eigenvalue weighted by Crippen LogP contribution is 2.37. The largest absolute Gasteiger partial charge is 0.416 e. The summed E-state index contributed by atoms with van der Waals surface area (Å²) in [7, 11) is -4.22. The van der Waals surface area contributed by atoms with E-state index >= 15 is 0 Å². The maximum Gasteiger partial charge on any atom is 0.416 e. The van der Waals surface area contributed by atoms with E-state index in [1.54, 1.807) is 18.2 Å². The number of halogens is 4. The summed E-state index contributed by atoms with van der Waals surface area (Å²) in [6.07, 6.45) is -3.28. The first-order chi connectivity index (χ1) is 13.7. The second-order valence-corrected chi connectivity index (χ2v) is 8.93. The fraction of sp³-hybridized carbons (Fsp3) is 0.263. The van der Waals surface area contributed by atoms with Crippen molar-refractivity contribution < 1.29 is 21.6 Å². The molecule has 0 radical (unpaired) electrons. The monoisotopic (exact) mass is 443 g/mol. The molecule has 4 rings (SSSR count). The van der Waals surface area contributed by atoms with Crippen LogP contribution in [0.25, 0.3) is 10.9 Å². The van der Waals surface area contributed by atoms with Crippen LogP contribution in [-0.2, 0) is 16.2 Å². The van der Waals surface area contributed by atoms with E-state index in [1.165, 1.54) is 6.20 Å². The molecule has 1 saturated heterocycles. The van der Waals surface area contributed by atoms with E-state index < -0.39 is 26.7 Å². The van der Waals surface area contributed by atoms with Crippen molar-refractivity contribution >= 4 is 38.2 Å². The number of alkyl halides is 3. The van der Waals surface area contributed by atoms with Crippen LogP contribution in [0.4, 0.5) is 18.9 Å². The first kappa shape index (κ1) is 20.1. The lowest BCUT2D eigenvalue weighted by atomic mass is 10.2. The topological polar surface area (TPSA) is 54.3 Å². The molecule has 154 valence electrons. The van der Waals surface area contributed by atoms with Crippen LogP contribution in [-0.4, -0.2) is 38.6 Å². The molecule has 1 aliphatic heterocycles. The van der Waals surface area contributed by atoms with Gasteiger partial charge in [0, 0.05) is 37.8 Å². The Morgan fingerprint density at radius 1 is 1.03 bits per heavy atom. The summed E-state index contributed by atoms with van der Waals surface area (Å²) in [5.41, 5.74) is 0.0728. The van der Waals surface area contributed by atoms with Gasteiger partial charge in [-0.3, -0.25) is 0 Å². The van der Waals surface area contributed by atoms with Crippen LogP contribution in [0.2, 0.25) is 5.02 Å². The summed E-state index contributed by atoms with van der Waals surface area (Å²) in [5, 5.41) is 4.37. The predicted molar refractivity (Wildman–Crippen MR) is 106 cm³/mol. The lowest BCUT2D eigenvalue weighted by molar-refractivity contribution is -0.137. The first-order valence-corrected chi connectivity index (χ1v) is 10.7. The summed E-state index contributed by atoms with van der Waals surface area (Å²) in [4.78, 5) is 1.64. The smallest absolute Gasteiger partial charge is 0.367 e. The number of rotatable bonds is 3. The number of hydrogen-bond donors (Lipinski definition) is 1. The van der Waals surface area contributed by atoms with Gasteiger partial charge in [-0.2, -0.15) is 13.2 Å². The molecule has 0 aliphatic carbocycles. The van der Waals surface area contributed by atoms with E-state index in [0.717, 1.165) is 40.9 Å². The summed E-state index contributed by atoms with van der Waals surface area (Å²) in [6.45, 7) is 2.97. The standard InChI is InChI=1S/C19H17ClF3N3O2S/c20-16-4-5-17-15(18(16)25-10-7-24-8-11-25)6-9-26(17)29(27,28)14-3-1-2-13(12-14)19(21,22)23/h1-6,9,12,24H,7-8,10-11H2. The average molecular weight is 444 g/mol. The third-order valence-corrected chi connectivity index (χ3v) is 6.90. The van der Waals surface area contributed by atoms with E-state index in [0.29, 0.717) is 35.1 Å². The van der Waals surface area contributed by atoms with Crippen molar-refractivity contribution in [2.24, 2.45) is 0 Å². The minimum absolute atomic E-state index is 0.361. The lowest BCUT2D eigenvalue weighted by Gasteiger charge is -2.30. The van der Waals surface area contributed by atoms with Gasteiger partial charge in [-0.15, -0.1) is 0 Å². The van der Waals surface area contributed by atoms with E-state index in [2.05, 4.69) is 10.2 Å². The Kier molecular flexibility index (Phi) is 5.00. The molecule has 0 saturated carbocycles. The number of piperazine rings is 1. The van der Waals surface area contributed by atoms with Crippen molar-refractivity contribution in [1.82, 2.24) is 9.29 Å². The van der Waals surface area contributed by atoms with Gasteiger partial charge in [-0.25, -0.2) is 12.4 Å². The zero-order valence-electron chi connectivity index (χ0n) is 15.1. The Hall–Kier alpha value is -2.23. The summed E-state index contributed by atoms with van der Waals surface area (Å²) in [5.74, 6) is 0. The molecular formula is C19H17ClF3N3O2S. The summed E-state index contributed by atoms with van der Waals surface area (Å²) >= 11 is 6.40. The number of nitrogens with zero attached hydrogens (tertiary/aromatic N) is 2. The zero-order valence-corrected chi connectivity index (χ0v) is 16.7. The van der Waals surface area contributed by atoms with Gasteiger partial charge in [-0.05, 0) is 36.4 Å². The second kappa shape index (κ2) is 7.23.